The number of hydrogen-bond donors (Lipinski definition) is 1. The van der Waals surface area contributed by atoms with E-state index < -0.39 is 0 Å². The zero-order valence-corrected chi connectivity index (χ0v) is 12.5. The van der Waals surface area contributed by atoms with Gasteiger partial charge in [0.15, 0.2) is 0 Å². The molecule has 1 atom stereocenters. The summed E-state index contributed by atoms with van der Waals surface area (Å²) in [4.78, 5) is 2.41. The molecule has 0 spiro atoms. The number of rotatable bonds is 6. The van der Waals surface area contributed by atoms with Crippen LogP contribution in [-0.2, 0) is 16.1 Å². The van der Waals surface area contributed by atoms with Gasteiger partial charge >= 0.3 is 0 Å². The van der Waals surface area contributed by atoms with Crippen LogP contribution in [0.1, 0.15) is 30.0 Å². The van der Waals surface area contributed by atoms with Crippen molar-refractivity contribution in [3.8, 4) is 0 Å². The van der Waals surface area contributed by atoms with Gasteiger partial charge < -0.3 is 15.2 Å². The SMILES string of the molecule is COCc1ccccc1C(CN)N(C)C1CCOCC1. The Balaban J connectivity index is 2.18. The van der Waals surface area contributed by atoms with E-state index in [1.165, 1.54) is 11.1 Å². The molecule has 1 unspecified atom stereocenters. The number of nitrogens with zero attached hydrogens (tertiary/aromatic N) is 1. The maximum atomic E-state index is 6.06. The van der Waals surface area contributed by atoms with Crippen LogP contribution < -0.4 is 5.73 Å². The monoisotopic (exact) mass is 278 g/mol. The van der Waals surface area contributed by atoms with E-state index in [4.69, 9.17) is 15.2 Å². The van der Waals surface area contributed by atoms with E-state index in [9.17, 15) is 0 Å². The van der Waals surface area contributed by atoms with Crippen LogP contribution in [0, 0.1) is 0 Å². The van der Waals surface area contributed by atoms with Gasteiger partial charge in [-0.1, -0.05) is 24.3 Å². The van der Waals surface area contributed by atoms with Crippen molar-refractivity contribution in [2.75, 3.05) is 33.9 Å². The molecule has 0 amide bonds. The summed E-state index contributed by atoms with van der Waals surface area (Å²) in [5, 5.41) is 0. The first kappa shape index (κ1) is 15.4. The molecule has 1 heterocycles. The van der Waals surface area contributed by atoms with E-state index in [0.717, 1.165) is 26.1 Å². The summed E-state index contributed by atoms with van der Waals surface area (Å²) in [5.74, 6) is 0. The average Bonchev–Trinajstić information content (AvgIpc) is 2.51. The van der Waals surface area contributed by atoms with Crippen molar-refractivity contribution in [2.45, 2.75) is 31.5 Å². The lowest BCUT2D eigenvalue weighted by Gasteiger charge is -2.37. The predicted octanol–water partition coefficient (Wildman–Crippen LogP) is 1.94. The number of methoxy groups -OCH3 is 1. The first-order chi connectivity index (χ1) is 9.77. The van der Waals surface area contributed by atoms with Gasteiger partial charge in [0.25, 0.3) is 0 Å². The van der Waals surface area contributed by atoms with Gasteiger partial charge in [-0.3, -0.25) is 4.90 Å². The molecule has 4 heteroatoms. The minimum absolute atomic E-state index is 0.240. The quantitative estimate of drug-likeness (QED) is 0.864. The van der Waals surface area contributed by atoms with Crippen molar-refractivity contribution in [3.63, 3.8) is 0 Å². The molecule has 1 fully saturated rings. The zero-order valence-electron chi connectivity index (χ0n) is 12.5. The Morgan fingerprint density at radius 2 is 2.05 bits per heavy atom. The van der Waals surface area contributed by atoms with E-state index >= 15 is 0 Å². The highest BCUT2D eigenvalue weighted by Crippen LogP contribution is 2.27. The van der Waals surface area contributed by atoms with Crippen LogP contribution >= 0.6 is 0 Å². The minimum atomic E-state index is 0.240. The maximum absolute atomic E-state index is 6.06. The second-order valence-electron chi connectivity index (χ2n) is 5.39. The van der Waals surface area contributed by atoms with Crippen LogP contribution in [0.3, 0.4) is 0 Å². The van der Waals surface area contributed by atoms with Gasteiger partial charge in [0.05, 0.1) is 6.61 Å². The lowest BCUT2D eigenvalue weighted by atomic mass is 9.96. The van der Waals surface area contributed by atoms with Crippen molar-refractivity contribution in [2.24, 2.45) is 5.73 Å². The van der Waals surface area contributed by atoms with Crippen molar-refractivity contribution >= 4 is 0 Å². The summed E-state index contributed by atoms with van der Waals surface area (Å²) in [6.45, 7) is 2.96. The summed E-state index contributed by atoms with van der Waals surface area (Å²) in [5.41, 5.74) is 8.57. The Bertz CT molecular complexity index is 405. The Kier molecular flexibility index (Phi) is 5.98. The van der Waals surface area contributed by atoms with Gasteiger partial charge in [-0.05, 0) is 31.0 Å². The molecule has 0 radical (unpaired) electrons. The molecule has 1 aliphatic heterocycles. The standard InChI is InChI=1S/C16H26N2O2/c1-18(14-7-9-20-10-8-14)16(11-17)15-6-4-3-5-13(15)12-19-2/h3-6,14,16H,7-12,17H2,1-2H3. The largest absolute Gasteiger partial charge is 0.381 e. The molecule has 2 rings (SSSR count). The molecule has 0 bridgehead atoms. The van der Waals surface area contributed by atoms with Crippen LogP contribution in [0.2, 0.25) is 0 Å². The summed E-state index contributed by atoms with van der Waals surface area (Å²) in [6.07, 6.45) is 2.17. The van der Waals surface area contributed by atoms with Gasteiger partial charge in [-0.2, -0.15) is 0 Å². The molecule has 1 aliphatic rings. The number of nitrogens with two attached hydrogens (primary N) is 1. The van der Waals surface area contributed by atoms with Crippen molar-refractivity contribution in [1.82, 2.24) is 4.90 Å². The first-order valence-corrected chi connectivity index (χ1v) is 7.34. The topological polar surface area (TPSA) is 47.7 Å². The van der Waals surface area contributed by atoms with Crippen LogP contribution in [-0.4, -0.2) is 44.9 Å². The summed E-state index contributed by atoms with van der Waals surface area (Å²) in [7, 11) is 3.91. The summed E-state index contributed by atoms with van der Waals surface area (Å²) in [6, 6.07) is 9.22. The van der Waals surface area contributed by atoms with E-state index in [-0.39, 0.29) is 6.04 Å². The normalized spacial score (nSPS) is 18.4. The van der Waals surface area contributed by atoms with Crippen molar-refractivity contribution in [3.05, 3.63) is 35.4 Å². The maximum Gasteiger partial charge on any atom is 0.0716 e. The Hall–Kier alpha value is -0.940. The number of benzene rings is 1. The molecule has 1 saturated heterocycles. The van der Waals surface area contributed by atoms with Crippen LogP contribution in [0.5, 0.6) is 0 Å². The summed E-state index contributed by atoms with van der Waals surface area (Å²) >= 11 is 0. The summed E-state index contributed by atoms with van der Waals surface area (Å²) < 4.78 is 10.8. The average molecular weight is 278 g/mol. The molecule has 0 saturated carbocycles. The molecular weight excluding hydrogens is 252 g/mol. The van der Waals surface area contributed by atoms with E-state index in [0.29, 0.717) is 19.2 Å². The lowest BCUT2D eigenvalue weighted by Crippen LogP contribution is -2.42. The molecule has 0 aliphatic carbocycles. The minimum Gasteiger partial charge on any atom is -0.381 e. The van der Waals surface area contributed by atoms with Crippen molar-refractivity contribution in [1.29, 1.82) is 0 Å². The Morgan fingerprint density at radius 3 is 2.70 bits per heavy atom. The third-order valence-corrected chi connectivity index (χ3v) is 4.20. The fraction of sp³-hybridized carbons (Fsp3) is 0.625. The van der Waals surface area contributed by atoms with Gasteiger partial charge in [0.2, 0.25) is 0 Å². The third kappa shape index (κ3) is 3.58. The van der Waals surface area contributed by atoms with Gasteiger partial charge in [0.1, 0.15) is 0 Å². The first-order valence-electron chi connectivity index (χ1n) is 7.34. The Morgan fingerprint density at radius 1 is 1.35 bits per heavy atom. The molecule has 0 aromatic heterocycles. The molecule has 4 nitrogen and oxygen atoms in total. The van der Waals surface area contributed by atoms with E-state index in [2.05, 4.69) is 36.2 Å². The number of likely N-dealkylation sites (N-methyl/N-ethyl adjacent to an activating group) is 1. The molecule has 2 N–H and O–H groups in total. The van der Waals surface area contributed by atoms with Gasteiger partial charge in [-0.25, -0.2) is 0 Å². The number of hydrogen-bond acceptors (Lipinski definition) is 4. The molecule has 1 aromatic rings. The highest BCUT2D eigenvalue weighted by atomic mass is 16.5. The third-order valence-electron chi connectivity index (χ3n) is 4.20. The molecule has 20 heavy (non-hydrogen) atoms. The number of ether oxygens (including phenoxy) is 2. The van der Waals surface area contributed by atoms with Gasteiger partial charge in [-0.15, -0.1) is 0 Å². The van der Waals surface area contributed by atoms with Crippen LogP contribution in [0.4, 0.5) is 0 Å². The molecular formula is C16H26N2O2. The van der Waals surface area contributed by atoms with Gasteiger partial charge in [0, 0.05) is 39.0 Å². The smallest absolute Gasteiger partial charge is 0.0716 e. The lowest BCUT2D eigenvalue weighted by molar-refractivity contribution is 0.0290. The Labute approximate surface area is 121 Å². The van der Waals surface area contributed by atoms with Crippen LogP contribution in [0.15, 0.2) is 24.3 Å². The highest BCUT2D eigenvalue weighted by Gasteiger charge is 2.26. The zero-order chi connectivity index (χ0) is 14.4. The fourth-order valence-corrected chi connectivity index (χ4v) is 3.01. The van der Waals surface area contributed by atoms with Crippen LogP contribution in [0.25, 0.3) is 0 Å². The highest BCUT2D eigenvalue weighted by molar-refractivity contribution is 5.30. The van der Waals surface area contributed by atoms with E-state index in [1.807, 2.05) is 0 Å². The molecule has 112 valence electrons. The second-order valence-corrected chi connectivity index (χ2v) is 5.39. The van der Waals surface area contributed by atoms with E-state index in [1.54, 1.807) is 7.11 Å². The second kappa shape index (κ2) is 7.74. The predicted molar refractivity (Wildman–Crippen MR) is 80.6 cm³/mol. The fourth-order valence-electron chi connectivity index (χ4n) is 3.01. The molecule has 1 aromatic carbocycles. The van der Waals surface area contributed by atoms with Crippen molar-refractivity contribution < 1.29 is 9.47 Å².